The number of fused-ring (bicyclic) bond motifs is 1. The molecule has 0 unspecified atom stereocenters. The van der Waals surface area contributed by atoms with Gasteiger partial charge in [-0.3, -0.25) is 4.98 Å². The molecule has 5 rings (SSSR count). The van der Waals surface area contributed by atoms with E-state index in [0.29, 0.717) is 12.6 Å². The molecule has 1 aromatic carbocycles. The molecule has 1 aliphatic rings. The Morgan fingerprint density at radius 2 is 1.89 bits per heavy atom. The number of pyridine rings is 1. The van der Waals surface area contributed by atoms with Gasteiger partial charge >= 0.3 is 0 Å². The number of nitrogens with one attached hydrogen (secondary N) is 1. The summed E-state index contributed by atoms with van der Waals surface area (Å²) >= 11 is 0. The summed E-state index contributed by atoms with van der Waals surface area (Å²) in [6.07, 6.45) is 10.5. The van der Waals surface area contributed by atoms with Gasteiger partial charge in [-0.15, -0.1) is 0 Å². The number of aromatic nitrogens is 5. The highest BCUT2D eigenvalue weighted by molar-refractivity contribution is 5.77. The zero-order chi connectivity index (χ0) is 18.1. The van der Waals surface area contributed by atoms with Crippen LogP contribution < -0.4 is 4.74 Å². The fraction of sp³-hybridized carbons (Fsp3) is 0.286. The van der Waals surface area contributed by atoms with E-state index in [1.807, 2.05) is 41.2 Å². The molecule has 0 saturated heterocycles. The number of hydrogen-bond acceptors (Lipinski definition) is 4. The van der Waals surface area contributed by atoms with E-state index in [2.05, 4.69) is 21.1 Å². The number of rotatable bonds is 5. The Morgan fingerprint density at radius 1 is 1.07 bits per heavy atom. The predicted molar refractivity (Wildman–Crippen MR) is 104 cm³/mol. The number of para-hydroxylation sites is 1. The summed E-state index contributed by atoms with van der Waals surface area (Å²) in [7, 11) is 0. The zero-order valence-electron chi connectivity index (χ0n) is 15.0. The molecule has 1 saturated carbocycles. The van der Waals surface area contributed by atoms with E-state index in [1.165, 1.54) is 12.8 Å². The summed E-state index contributed by atoms with van der Waals surface area (Å²) in [6, 6.07) is 12.1. The molecule has 1 N–H and O–H groups in total. The Balaban J connectivity index is 1.47. The van der Waals surface area contributed by atoms with Crippen molar-refractivity contribution in [3.05, 3.63) is 60.6 Å². The first-order valence-electron chi connectivity index (χ1n) is 9.43. The summed E-state index contributed by atoms with van der Waals surface area (Å²) in [5.41, 5.74) is 3.91. The Labute approximate surface area is 157 Å². The maximum Gasteiger partial charge on any atom is 0.177 e. The van der Waals surface area contributed by atoms with Crippen LogP contribution in [0.25, 0.3) is 22.6 Å². The number of H-pyrrole nitrogens is 1. The number of aromatic amines is 1. The predicted octanol–water partition coefficient (Wildman–Crippen LogP) is 4.19. The van der Waals surface area contributed by atoms with Crippen LogP contribution in [-0.2, 0) is 6.54 Å². The van der Waals surface area contributed by atoms with Crippen LogP contribution >= 0.6 is 0 Å². The van der Waals surface area contributed by atoms with Gasteiger partial charge in [0, 0.05) is 12.4 Å². The SMILES string of the molecule is c1ccc(-c2nc3c(cnn3Cc3ccncc3)[nH]2)c(OC2CCCC2)c1. The van der Waals surface area contributed by atoms with Crippen molar-refractivity contribution in [2.45, 2.75) is 38.3 Å². The molecule has 0 radical (unpaired) electrons. The molecule has 3 heterocycles. The van der Waals surface area contributed by atoms with E-state index in [-0.39, 0.29) is 0 Å². The highest BCUT2D eigenvalue weighted by Crippen LogP contribution is 2.32. The van der Waals surface area contributed by atoms with Crippen molar-refractivity contribution in [3.63, 3.8) is 0 Å². The Kier molecular flexibility index (Phi) is 4.08. The van der Waals surface area contributed by atoms with Crippen molar-refractivity contribution in [3.8, 4) is 17.1 Å². The molecule has 0 bridgehead atoms. The third-order valence-electron chi connectivity index (χ3n) is 5.10. The standard InChI is InChI=1S/C21H21N5O/c1-2-6-16(5-1)27-19-8-4-3-7-17(19)20-24-18-13-23-26(21(18)25-20)14-15-9-11-22-12-10-15/h3-4,7-13,16H,1-2,5-6,14H2,(H,24,25). The molecular weight excluding hydrogens is 338 g/mol. The van der Waals surface area contributed by atoms with Gasteiger partial charge in [-0.25, -0.2) is 9.67 Å². The Hall–Kier alpha value is -3.15. The molecule has 0 aliphatic heterocycles. The van der Waals surface area contributed by atoms with Gasteiger partial charge in [0.25, 0.3) is 0 Å². The monoisotopic (exact) mass is 359 g/mol. The van der Waals surface area contributed by atoms with Crippen LogP contribution in [0.2, 0.25) is 0 Å². The maximum atomic E-state index is 6.27. The van der Waals surface area contributed by atoms with Gasteiger partial charge in [0.05, 0.1) is 24.4 Å². The van der Waals surface area contributed by atoms with Crippen LogP contribution in [0, 0.1) is 0 Å². The lowest BCUT2D eigenvalue weighted by atomic mass is 10.2. The second-order valence-corrected chi connectivity index (χ2v) is 7.00. The smallest absolute Gasteiger partial charge is 0.177 e. The molecule has 6 heteroatoms. The van der Waals surface area contributed by atoms with Gasteiger partial charge in [-0.1, -0.05) is 12.1 Å². The minimum Gasteiger partial charge on any atom is -0.490 e. The third kappa shape index (κ3) is 3.18. The lowest BCUT2D eigenvalue weighted by Gasteiger charge is -2.15. The molecule has 1 aliphatic carbocycles. The topological polar surface area (TPSA) is 68.6 Å². The lowest BCUT2D eigenvalue weighted by molar-refractivity contribution is 0.211. The van der Waals surface area contributed by atoms with Gasteiger partial charge in [-0.05, 0) is 55.5 Å². The number of nitrogens with zero attached hydrogens (tertiary/aromatic N) is 4. The Bertz CT molecular complexity index is 1050. The molecule has 6 nitrogen and oxygen atoms in total. The van der Waals surface area contributed by atoms with Crippen LogP contribution in [-0.4, -0.2) is 30.8 Å². The molecule has 27 heavy (non-hydrogen) atoms. The number of benzene rings is 1. The van der Waals surface area contributed by atoms with Crippen LogP contribution in [0.15, 0.2) is 55.0 Å². The van der Waals surface area contributed by atoms with E-state index >= 15 is 0 Å². The van der Waals surface area contributed by atoms with Crippen molar-refractivity contribution in [1.29, 1.82) is 0 Å². The first-order valence-corrected chi connectivity index (χ1v) is 9.43. The molecule has 0 amide bonds. The highest BCUT2D eigenvalue weighted by atomic mass is 16.5. The van der Waals surface area contributed by atoms with Crippen molar-refractivity contribution in [1.82, 2.24) is 24.7 Å². The third-order valence-corrected chi connectivity index (χ3v) is 5.10. The normalized spacial score (nSPS) is 14.8. The molecule has 4 aromatic rings. The van der Waals surface area contributed by atoms with E-state index in [4.69, 9.17) is 9.72 Å². The van der Waals surface area contributed by atoms with Crippen molar-refractivity contribution in [2.24, 2.45) is 0 Å². The first kappa shape index (κ1) is 16.1. The van der Waals surface area contributed by atoms with Crippen molar-refractivity contribution in [2.75, 3.05) is 0 Å². The van der Waals surface area contributed by atoms with Crippen molar-refractivity contribution < 1.29 is 4.74 Å². The van der Waals surface area contributed by atoms with Gasteiger partial charge in [0.15, 0.2) is 5.65 Å². The summed E-state index contributed by atoms with van der Waals surface area (Å²) in [5.74, 6) is 1.72. The second-order valence-electron chi connectivity index (χ2n) is 7.00. The second kappa shape index (κ2) is 6.87. The van der Waals surface area contributed by atoms with Crippen LogP contribution in [0.4, 0.5) is 0 Å². The zero-order valence-corrected chi connectivity index (χ0v) is 15.0. The lowest BCUT2D eigenvalue weighted by Crippen LogP contribution is -2.11. The molecule has 3 aromatic heterocycles. The summed E-state index contributed by atoms with van der Waals surface area (Å²) < 4.78 is 8.18. The molecule has 1 fully saturated rings. The molecule has 136 valence electrons. The van der Waals surface area contributed by atoms with Crippen LogP contribution in [0.1, 0.15) is 31.2 Å². The van der Waals surface area contributed by atoms with E-state index in [1.54, 1.807) is 12.4 Å². The number of hydrogen-bond donors (Lipinski definition) is 1. The Morgan fingerprint density at radius 3 is 2.74 bits per heavy atom. The minimum atomic E-state index is 0.317. The van der Waals surface area contributed by atoms with Gasteiger partial charge < -0.3 is 9.72 Å². The largest absolute Gasteiger partial charge is 0.490 e. The first-order chi connectivity index (χ1) is 13.4. The average Bonchev–Trinajstić information content (AvgIpc) is 3.42. The summed E-state index contributed by atoms with van der Waals surface area (Å²) in [4.78, 5) is 12.3. The fourth-order valence-corrected chi connectivity index (χ4v) is 3.70. The van der Waals surface area contributed by atoms with E-state index in [9.17, 15) is 0 Å². The van der Waals surface area contributed by atoms with Crippen LogP contribution in [0.3, 0.4) is 0 Å². The minimum absolute atomic E-state index is 0.317. The van der Waals surface area contributed by atoms with E-state index in [0.717, 1.165) is 46.7 Å². The van der Waals surface area contributed by atoms with Crippen molar-refractivity contribution >= 4 is 11.2 Å². The van der Waals surface area contributed by atoms with Gasteiger partial charge in [0.2, 0.25) is 0 Å². The van der Waals surface area contributed by atoms with E-state index < -0.39 is 0 Å². The fourth-order valence-electron chi connectivity index (χ4n) is 3.70. The van der Waals surface area contributed by atoms with Gasteiger partial charge in [0.1, 0.15) is 17.1 Å². The number of imidazole rings is 1. The highest BCUT2D eigenvalue weighted by Gasteiger charge is 2.20. The maximum absolute atomic E-state index is 6.27. The molecule has 0 atom stereocenters. The average molecular weight is 359 g/mol. The van der Waals surface area contributed by atoms with Gasteiger partial charge in [-0.2, -0.15) is 5.10 Å². The summed E-state index contributed by atoms with van der Waals surface area (Å²) in [5, 5.41) is 4.46. The quantitative estimate of drug-likeness (QED) is 0.580. The summed E-state index contributed by atoms with van der Waals surface area (Å²) in [6.45, 7) is 0.663. The van der Waals surface area contributed by atoms with Crippen LogP contribution in [0.5, 0.6) is 5.75 Å². The molecular formula is C21H21N5O. The number of ether oxygens (including phenoxy) is 1. The molecule has 0 spiro atoms.